The molecule has 0 fully saturated rings. The van der Waals surface area contributed by atoms with Crippen molar-refractivity contribution in [2.24, 2.45) is 35.2 Å². The number of hydrogen-bond donors (Lipinski definition) is 5. The second-order valence-corrected chi connectivity index (χ2v) is 41.4. The van der Waals surface area contributed by atoms with Gasteiger partial charge in [-0.15, -0.1) is 58.8 Å². The van der Waals surface area contributed by atoms with Crippen LogP contribution in [-0.4, -0.2) is 133 Å². The number of aryl methyl sites for hydroxylation is 10. The third-order valence-electron chi connectivity index (χ3n) is 23.3. The number of anilines is 5. The van der Waals surface area contributed by atoms with Crippen molar-refractivity contribution < 1.29 is 0 Å². The van der Waals surface area contributed by atoms with Gasteiger partial charge in [-0.25, -0.2) is 0 Å². The molecule has 5 aliphatic rings. The summed E-state index contributed by atoms with van der Waals surface area (Å²) in [7, 11) is 9.96. The number of rotatable bonds is 10. The van der Waals surface area contributed by atoms with Crippen molar-refractivity contribution in [2.75, 3.05) is 55.3 Å². The molecule has 0 saturated heterocycles. The molecule has 5 aromatic carbocycles. The third-order valence-corrected chi connectivity index (χ3v) is 32.1. The zero-order chi connectivity index (χ0) is 91.3. The van der Waals surface area contributed by atoms with E-state index in [1.165, 1.54) is 83.5 Å². The van der Waals surface area contributed by atoms with Gasteiger partial charge < -0.3 is 26.6 Å². The Morgan fingerprint density at radius 2 is 0.423 bits per heavy atom. The van der Waals surface area contributed by atoms with Crippen LogP contribution in [0.25, 0.3) is 56.9 Å². The highest BCUT2D eigenvalue weighted by Crippen LogP contribution is 2.54. The first-order valence-electron chi connectivity index (χ1n) is 43.3. The predicted molar refractivity (Wildman–Crippen MR) is 550 cm³/mol. The van der Waals surface area contributed by atoms with E-state index in [0.29, 0.717) is 30.2 Å². The topological polar surface area (TPSA) is 214 Å². The molecule has 0 radical (unpaired) electrons. The molecule has 20 rings (SSSR count). The molecule has 5 N–H and O–H groups in total. The quantitative estimate of drug-likeness (QED) is 0.0861. The summed E-state index contributed by atoms with van der Waals surface area (Å²) in [5.41, 5.74) is 27.6. The van der Waals surface area contributed by atoms with Crippen LogP contribution >= 0.6 is 117 Å². The van der Waals surface area contributed by atoms with E-state index in [0.717, 1.165) is 140 Å². The van der Waals surface area contributed by atoms with Gasteiger partial charge in [0.05, 0.1) is 54.7 Å². The molecule has 0 aliphatic carbocycles. The first kappa shape index (κ1) is 93.3. The van der Waals surface area contributed by atoms with Crippen molar-refractivity contribution in [3.05, 3.63) is 322 Å². The first-order valence-corrected chi connectivity index (χ1v) is 50.5. The molecule has 10 aromatic heterocycles. The number of nitrogens with one attached hydrogen (secondary N) is 5. The van der Waals surface area contributed by atoms with Crippen molar-refractivity contribution in [3.63, 3.8) is 0 Å². The Labute approximate surface area is 807 Å². The molecule has 0 saturated carbocycles. The Kier molecular flexibility index (Phi) is 29.8. The minimum Gasteiger partial charge on any atom is -0.367 e. The molecule has 2 unspecified atom stereocenters. The lowest BCUT2D eigenvalue weighted by molar-refractivity contribution is 0.757. The van der Waals surface area contributed by atoms with E-state index in [9.17, 15) is 0 Å². The van der Waals surface area contributed by atoms with Crippen LogP contribution in [0.15, 0.2) is 213 Å². The predicted octanol–water partition coefficient (Wildman–Crippen LogP) is 25.4. The van der Waals surface area contributed by atoms with E-state index in [-0.39, 0.29) is 26.2 Å². The van der Waals surface area contributed by atoms with Gasteiger partial charge in [-0.1, -0.05) is 119 Å². The van der Waals surface area contributed by atoms with E-state index in [1.807, 2.05) is 300 Å². The van der Waals surface area contributed by atoms with Gasteiger partial charge in [0, 0.05) is 178 Å². The van der Waals surface area contributed by atoms with Gasteiger partial charge in [-0.05, 0) is 246 Å². The number of thioether (sulfide) groups is 5. The molecule has 670 valence electrons. The number of pyridine rings is 5. The van der Waals surface area contributed by atoms with E-state index < -0.39 is 0 Å². The highest BCUT2D eigenvalue weighted by molar-refractivity contribution is 8.00. The average molecular weight is 1920 g/mol. The summed E-state index contributed by atoms with van der Waals surface area (Å²) in [6.45, 7) is 21.7. The standard InChI is InChI=1S/5C20H21ClN4S/c5*1-12-10-14(21)7-8-15(12)19-17-18(16-6-4-5-9-22-16)24-25(3)20(17)23-13(2)11-26-19/h5*4-10,13,19,23H,11H2,1-3H3/t2*13-,19+;2*13-,19-;/m1010./s1. The zero-order valence-corrected chi connectivity index (χ0v) is 83.0. The van der Waals surface area contributed by atoms with Crippen LogP contribution in [0.4, 0.5) is 29.1 Å². The lowest BCUT2D eigenvalue weighted by Gasteiger charge is -2.18. The number of aromatic nitrogens is 15. The van der Waals surface area contributed by atoms with Crippen LogP contribution in [-0.2, 0) is 35.2 Å². The lowest BCUT2D eigenvalue weighted by Crippen LogP contribution is -2.18. The van der Waals surface area contributed by atoms with E-state index in [2.05, 4.69) is 151 Å². The van der Waals surface area contributed by atoms with Gasteiger partial charge in [0.2, 0.25) is 0 Å². The average Bonchev–Trinajstić information content (AvgIpc) is 1.63. The summed E-state index contributed by atoms with van der Waals surface area (Å²) in [5.74, 6) is 10.4. The van der Waals surface area contributed by atoms with Gasteiger partial charge in [-0.2, -0.15) is 25.5 Å². The SMILES string of the molecule is Cc1cc(Cl)ccc1C1SCC(C)Nc2c1c(-c1ccccn1)nn2C.Cc1cc(Cl)ccc1[C@@H]1SC[C@@H](C)Nc2c1c(-c1ccccn1)nn2C.Cc1cc(Cl)ccc1[C@@H]1SC[C@H](C)Nc2c1c(-c1ccccn1)nn2C.Cc1cc(Cl)ccc1[C@H]1SC[C@@H](C)Nc2c1c(-c1ccccn1)nn2C.Cc1cc(Cl)ccc1[C@H]1SC[C@H](C)Nc2c1c(-c1ccccn1)nn2C. The zero-order valence-electron chi connectivity index (χ0n) is 75.2. The normalized spacial score (nSPS) is 19.5. The van der Waals surface area contributed by atoms with Gasteiger partial charge in [-0.3, -0.25) is 48.3 Å². The van der Waals surface area contributed by atoms with Gasteiger partial charge in [0.25, 0.3) is 0 Å². The van der Waals surface area contributed by atoms with Crippen LogP contribution in [0.5, 0.6) is 0 Å². The summed E-state index contributed by atoms with van der Waals surface area (Å²) in [6, 6.07) is 62.4. The fraction of sp³-hybridized carbons (Fsp3) is 0.300. The molecule has 20 nitrogen and oxygen atoms in total. The fourth-order valence-corrected chi connectivity index (χ4v) is 25.3. The summed E-state index contributed by atoms with van der Waals surface area (Å²) in [6.07, 6.45) is 9.09. The Morgan fingerprint density at radius 3 is 0.569 bits per heavy atom. The fourth-order valence-electron chi connectivity index (χ4n) is 17.1. The number of fused-ring (bicyclic) bond motifs is 5. The van der Waals surface area contributed by atoms with E-state index >= 15 is 0 Å². The van der Waals surface area contributed by atoms with Crippen molar-refractivity contribution in [1.82, 2.24) is 73.8 Å². The largest absolute Gasteiger partial charge is 0.367 e. The molecule has 10 atom stereocenters. The summed E-state index contributed by atoms with van der Waals surface area (Å²) < 4.78 is 9.72. The molecule has 130 heavy (non-hydrogen) atoms. The number of halogens is 5. The first-order chi connectivity index (χ1) is 62.7. The van der Waals surface area contributed by atoms with Crippen LogP contribution in [0.1, 0.15) is 144 Å². The highest BCUT2D eigenvalue weighted by atomic mass is 35.5. The maximum Gasteiger partial charge on any atom is 0.129 e. The number of nitrogens with zero attached hydrogens (tertiary/aromatic N) is 15. The van der Waals surface area contributed by atoms with Crippen LogP contribution in [0.2, 0.25) is 25.1 Å². The minimum atomic E-state index is 0.186. The monoisotopic (exact) mass is 1920 g/mol. The molecule has 0 spiro atoms. The van der Waals surface area contributed by atoms with Crippen molar-refractivity contribution in [1.29, 1.82) is 0 Å². The van der Waals surface area contributed by atoms with Gasteiger partial charge >= 0.3 is 0 Å². The Balaban J connectivity index is 0.000000119. The molecule has 15 aromatic rings. The van der Waals surface area contributed by atoms with Crippen molar-refractivity contribution in [3.8, 4) is 56.9 Å². The molecular weight excluding hydrogens is 1820 g/mol. The molecule has 15 heterocycles. The second kappa shape index (κ2) is 41.5. The second-order valence-electron chi connectivity index (χ2n) is 33.5. The maximum absolute atomic E-state index is 6.20. The lowest BCUT2D eigenvalue weighted by atomic mass is 9.98. The van der Waals surface area contributed by atoms with Gasteiger partial charge in [0.1, 0.15) is 57.6 Å². The summed E-state index contributed by atoms with van der Waals surface area (Å²) in [5, 5.41) is 47.0. The van der Waals surface area contributed by atoms with Crippen LogP contribution in [0.3, 0.4) is 0 Å². The van der Waals surface area contributed by atoms with Crippen molar-refractivity contribution in [2.45, 2.75) is 126 Å². The molecule has 0 amide bonds. The molecule has 30 heteroatoms. The molecule has 0 bridgehead atoms. The highest BCUT2D eigenvalue weighted by Gasteiger charge is 2.39. The smallest absolute Gasteiger partial charge is 0.129 e. The van der Waals surface area contributed by atoms with E-state index in [1.54, 1.807) is 0 Å². The maximum atomic E-state index is 6.20. The van der Waals surface area contributed by atoms with Crippen LogP contribution < -0.4 is 26.6 Å². The van der Waals surface area contributed by atoms with Crippen LogP contribution in [0, 0.1) is 34.6 Å². The van der Waals surface area contributed by atoms with Gasteiger partial charge in [0.15, 0.2) is 0 Å². The van der Waals surface area contributed by atoms with Crippen molar-refractivity contribution >= 4 is 146 Å². The Bertz CT molecular complexity index is 5590. The minimum absolute atomic E-state index is 0.186. The molecule has 5 aliphatic heterocycles. The van der Waals surface area contributed by atoms with E-state index in [4.69, 9.17) is 83.5 Å². The summed E-state index contributed by atoms with van der Waals surface area (Å²) >= 11 is 40.7. The number of hydrogen-bond acceptors (Lipinski definition) is 20. The third kappa shape index (κ3) is 20.6. The number of benzene rings is 5. The summed E-state index contributed by atoms with van der Waals surface area (Å²) in [4.78, 5) is 22.8. The molecular formula is C100H105Cl5N20S5. The Hall–Kier alpha value is -9.90. The Morgan fingerprint density at radius 1 is 0.254 bits per heavy atom.